The van der Waals surface area contributed by atoms with Gasteiger partial charge in [-0.15, -0.1) is 10.2 Å². The van der Waals surface area contributed by atoms with Crippen LogP contribution in [0.5, 0.6) is 11.5 Å². The van der Waals surface area contributed by atoms with Crippen LogP contribution in [0.1, 0.15) is 12.8 Å². The lowest BCUT2D eigenvalue weighted by molar-refractivity contribution is 0.120. The second-order valence-electron chi connectivity index (χ2n) is 5.26. The van der Waals surface area contributed by atoms with Gasteiger partial charge in [-0.2, -0.15) is 0 Å². The lowest BCUT2D eigenvalue weighted by Crippen LogP contribution is -2.18. The minimum Gasteiger partial charge on any atom is -0.497 e. The second kappa shape index (κ2) is 9.10. The van der Waals surface area contributed by atoms with Crippen LogP contribution in [0.3, 0.4) is 0 Å². The zero-order chi connectivity index (χ0) is 16.6. The Morgan fingerprint density at radius 2 is 2.12 bits per heavy atom. The molecule has 0 radical (unpaired) electrons. The van der Waals surface area contributed by atoms with Crippen LogP contribution in [0.2, 0.25) is 0 Å². The van der Waals surface area contributed by atoms with Crippen molar-refractivity contribution in [2.45, 2.75) is 23.3 Å². The Balaban J connectivity index is 1.34. The van der Waals surface area contributed by atoms with Crippen molar-refractivity contribution >= 4 is 28.2 Å². The van der Waals surface area contributed by atoms with Crippen molar-refractivity contribution in [2.24, 2.45) is 0 Å². The molecule has 1 unspecified atom stereocenters. The SMILES string of the molecule is COc1ccc(OCCSc2nnc(NCC3CCCO3)s2)cc1. The number of thioether (sulfide) groups is 1. The topological polar surface area (TPSA) is 65.5 Å². The van der Waals surface area contributed by atoms with Crippen molar-refractivity contribution in [2.75, 3.05) is 37.9 Å². The monoisotopic (exact) mass is 367 g/mol. The number of anilines is 1. The van der Waals surface area contributed by atoms with E-state index in [9.17, 15) is 0 Å². The van der Waals surface area contributed by atoms with Crippen molar-refractivity contribution in [3.8, 4) is 11.5 Å². The number of benzene rings is 1. The molecule has 0 spiro atoms. The van der Waals surface area contributed by atoms with E-state index >= 15 is 0 Å². The fourth-order valence-corrected chi connectivity index (χ4v) is 3.95. The number of nitrogens with one attached hydrogen (secondary N) is 1. The van der Waals surface area contributed by atoms with E-state index in [1.165, 1.54) is 0 Å². The summed E-state index contributed by atoms with van der Waals surface area (Å²) in [5, 5.41) is 12.5. The lowest BCUT2D eigenvalue weighted by atomic mass is 10.2. The summed E-state index contributed by atoms with van der Waals surface area (Å²) >= 11 is 3.22. The average molecular weight is 367 g/mol. The molecule has 2 heterocycles. The number of rotatable bonds is 9. The van der Waals surface area contributed by atoms with Gasteiger partial charge in [0, 0.05) is 18.9 Å². The Morgan fingerprint density at radius 1 is 1.29 bits per heavy atom. The fourth-order valence-electron chi connectivity index (χ4n) is 2.31. The summed E-state index contributed by atoms with van der Waals surface area (Å²) in [6.45, 7) is 2.30. The van der Waals surface area contributed by atoms with Gasteiger partial charge in [-0.25, -0.2) is 0 Å². The Bertz CT molecular complexity index is 615. The molecule has 3 rings (SSSR count). The first-order chi connectivity index (χ1) is 11.8. The van der Waals surface area contributed by atoms with Crippen LogP contribution in [0, 0.1) is 0 Å². The summed E-state index contributed by atoms with van der Waals surface area (Å²) < 4.78 is 17.3. The van der Waals surface area contributed by atoms with E-state index in [0.717, 1.165) is 52.7 Å². The Labute approximate surface area is 149 Å². The highest BCUT2D eigenvalue weighted by Gasteiger charge is 2.15. The van der Waals surface area contributed by atoms with Gasteiger partial charge in [-0.3, -0.25) is 0 Å². The highest BCUT2D eigenvalue weighted by atomic mass is 32.2. The number of nitrogens with zero attached hydrogens (tertiary/aromatic N) is 2. The summed E-state index contributed by atoms with van der Waals surface area (Å²) in [5.41, 5.74) is 0. The molecule has 1 aromatic heterocycles. The summed E-state index contributed by atoms with van der Waals surface area (Å²) in [6.07, 6.45) is 2.58. The van der Waals surface area contributed by atoms with E-state index in [1.54, 1.807) is 30.2 Å². The van der Waals surface area contributed by atoms with Crippen molar-refractivity contribution in [1.82, 2.24) is 10.2 Å². The Kier molecular flexibility index (Phi) is 6.57. The molecule has 0 aliphatic carbocycles. The molecule has 1 saturated heterocycles. The molecule has 1 N–H and O–H groups in total. The number of aromatic nitrogens is 2. The number of hydrogen-bond donors (Lipinski definition) is 1. The summed E-state index contributed by atoms with van der Waals surface area (Å²) in [4.78, 5) is 0. The molecule has 1 aromatic carbocycles. The van der Waals surface area contributed by atoms with E-state index in [4.69, 9.17) is 14.2 Å². The molecule has 24 heavy (non-hydrogen) atoms. The van der Waals surface area contributed by atoms with E-state index in [1.807, 2.05) is 24.3 Å². The third-order valence-corrected chi connectivity index (χ3v) is 5.53. The molecule has 1 fully saturated rings. The Morgan fingerprint density at radius 3 is 2.88 bits per heavy atom. The zero-order valence-corrected chi connectivity index (χ0v) is 15.2. The first kappa shape index (κ1) is 17.3. The summed E-state index contributed by atoms with van der Waals surface area (Å²) in [5.74, 6) is 2.49. The molecule has 1 aliphatic heterocycles. The van der Waals surface area contributed by atoms with Gasteiger partial charge in [-0.1, -0.05) is 23.1 Å². The predicted molar refractivity (Wildman–Crippen MR) is 96.6 cm³/mol. The molecule has 0 saturated carbocycles. The van der Waals surface area contributed by atoms with Gasteiger partial charge >= 0.3 is 0 Å². The summed E-state index contributed by atoms with van der Waals surface area (Å²) in [6, 6.07) is 7.58. The van der Waals surface area contributed by atoms with Crippen LogP contribution in [-0.4, -0.2) is 48.9 Å². The minimum absolute atomic E-state index is 0.308. The van der Waals surface area contributed by atoms with Crippen molar-refractivity contribution in [1.29, 1.82) is 0 Å². The van der Waals surface area contributed by atoms with Gasteiger partial charge in [0.25, 0.3) is 0 Å². The van der Waals surface area contributed by atoms with Crippen LogP contribution < -0.4 is 14.8 Å². The highest BCUT2D eigenvalue weighted by Crippen LogP contribution is 2.26. The van der Waals surface area contributed by atoms with Gasteiger partial charge in [-0.05, 0) is 37.1 Å². The number of hydrogen-bond acceptors (Lipinski definition) is 8. The van der Waals surface area contributed by atoms with Gasteiger partial charge in [0.05, 0.1) is 19.8 Å². The second-order valence-corrected chi connectivity index (χ2v) is 7.58. The van der Waals surface area contributed by atoms with Gasteiger partial charge < -0.3 is 19.5 Å². The normalized spacial score (nSPS) is 17.0. The molecule has 0 amide bonds. The molecule has 1 atom stereocenters. The molecule has 0 bridgehead atoms. The third-order valence-electron chi connectivity index (χ3n) is 3.55. The molecule has 1 aliphatic rings. The van der Waals surface area contributed by atoms with Crippen LogP contribution >= 0.6 is 23.1 Å². The largest absolute Gasteiger partial charge is 0.497 e. The fraction of sp³-hybridized carbons (Fsp3) is 0.500. The minimum atomic E-state index is 0.308. The van der Waals surface area contributed by atoms with E-state index in [2.05, 4.69) is 15.5 Å². The average Bonchev–Trinajstić information content (AvgIpc) is 3.29. The molecular weight excluding hydrogens is 346 g/mol. The molecule has 2 aromatic rings. The third kappa shape index (κ3) is 5.25. The zero-order valence-electron chi connectivity index (χ0n) is 13.6. The van der Waals surface area contributed by atoms with Gasteiger partial charge in [0.1, 0.15) is 11.5 Å². The first-order valence-corrected chi connectivity index (χ1v) is 9.72. The maximum Gasteiger partial charge on any atom is 0.206 e. The van der Waals surface area contributed by atoms with Crippen LogP contribution in [0.25, 0.3) is 0 Å². The van der Waals surface area contributed by atoms with E-state index in [-0.39, 0.29) is 0 Å². The summed E-state index contributed by atoms with van der Waals surface area (Å²) in [7, 11) is 1.65. The van der Waals surface area contributed by atoms with Gasteiger partial charge in [0.15, 0.2) is 4.34 Å². The molecule has 6 nitrogen and oxygen atoms in total. The predicted octanol–water partition coefficient (Wildman–Crippen LogP) is 3.31. The molecule has 130 valence electrons. The van der Waals surface area contributed by atoms with Crippen LogP contribution in [0.15, 0.2) is 28.6 Å². The highest BCUT2D eigenvalue weighted by molar-refractivity contribution is 8.01. The van der Waals surface area contributed by atoms with E-state index < -0.39 is 0 Å². The van der Waals surface area contributed by atoms with Gasteiger partial charge in [0.2, 0.25) is 5.13 Å². The Hall–Kier alpha value is -1.51. The molecular formula is C16H21N3O3S2. The van der Waals surface area contributed by atoms with Crippen molar-refractivity contribution in [3.05, 3.63) is 24.3 Å². The van der Waals surface area contributed by atoms with Crippen LogP contribution in [0.4, 0.5) is 5.13 Å². The van der Waals surface area contributed by atoms with Crippen LogP contribution in [-0.2, 0) is 4.74 Å². The lowest BCUT2D eigenvalue weighted by Gasteiger charge is -2.08. The number of methoxy groups -OCH3 is 1. The first-order valence-electron chi connectivity index (χ1n) is 7.92. The van der Waals surface area contributed by atoms with Crippen molar-refractivity contribution in [3.63, 3.8) is 0 Å². The molecule has 8 heteroatoms. The smallest absolute Gasteiger partial charge is 0.206 e. The maximum absolute atomic E-state index is 5.70. The maximum atomic E-state index is 5.70. The standard InChI is InChI=1S/C16H21N3O3S2/c1-20-12-4-6-13(7-5-12)22-9-10-23-16-19-18-15(24-16)17-11-14-3-2-8-21-14/h4-7,14H,2-3,8-11H2,1H3,(H,17,18). The van der Waals surface area contributed by atoms with E-state index in [0.29, 0.717) is 12.7 Å². The van der Waals surface area contributed by atoms with Crippen molar-refractivity contribution < 1.29 is 14.2 Å². The quantitative estimate of drug-likeness (QED) is 0.539. The number of ether oxygens (including phenoxy) is 3.